The fourth-order valence-electron chi connectivity index (χ4n) is 2.73. The second kappa shape index (κ2) is 6.01. The summed E-state index contributed by atoms with van der Waals surface area (Å²) in [5.74, 6) is 0.660. The maximum atomic E-state index is 13.1. The maximum Gasteiger partial charge on any atom is 0.180 e. The molecule has 4 heteroatoms. The number of carbonyl (C=O) groups excluding carboxylic acids is 1. The molecule has 2 nitrogen and oxygen atoms in total. The van der Waals surface area contributed by atoms with Gasteiger partial charge in [-0.2, -0.15) is 0 Å². The topological polar surface area (TPSA) is 26.3 Å². The van der Waals surface area contributed by atoms with Crippen molar-refractivity contribution in [3.63, 3.8) is 0 Å². The molecule has 1 heterocycles. The fourth-order valence-corrected chi connectivity index (χ4v) is 4.07. The van der Waals surface area contributed by atoms with Crippen LogP contribution in [0.3, 0.4) is 0 Å². The summed E-state index contributed by atoms with van der Waals surface area (Å²) in [5.41, 5.74) is 0.953. The van der Waals surface area contributed by atoms with E-state index in [9.17, 15) is 4.79 Å². The number of Topliss-reactive ketones (excluding diaryl/α,β-unsaturated/α-hetero) is 1. The lowest BCUT2D eigenvalue weighted by Crippen LogP contribution is -2.41. The Labute approximate surface area is 146 Å². The van der Waals surface area contributed by atoms with E-state index in [1.807, 2.05) is 42.5 Å². The SMILES string of the molecule is C=C[C@]1(Cc2ccccc2)COc2c(Br)cc(Br)cc2C1=O. The van der Waals surface area contributed by atoms with Crippen LogP contribution in [0, 0.1) is 5.41 Å². The van der Waals surface area contributed by atoms with Gasteiger partial charge in [-0.3, -0.25) is 4.79 Å². The van der Waals surface area contributed by atoms with Crippen molar-refractivity contribution in [3.8, 4) is 5.75 Å². The smallest absolute Gasteiger partial charge is 0.180 e. The molecule has 0 amide bonds. The molecule has 1 atom stereocenters. The number of ether oxygens (including phenoxy) is 1. The van der Waals surface area contributed by atoms with E-state index < -0.39 is 5.41 Å². The third-order valence-electron chi connectivity index (χ3n) is 3.93. The summed E-state index contributed by atoms with van der Waals surface area (Å²) in [7, 11) is 0. The summed E-state index contributed by atoms with van der Waals surface area (Å²) >= 11 is 6.89. The number of fused-ring (bicyclic) bond motifs is 1. The van der Waals surface area contributed by atoms with E-state index in [1.165, 1.54) is 0 Å². The van der Waals surface area contributed by atoms with Gasteiger partial charge >= 0.3 is 0 Å². The van der Waals surface area contributed by atoms with Gasteiger partial charge in [0.1, 0.15) is 12.4 Å². The van der Waals surface area contributed by atoms with Gasteiger partial charge in [-0.25, -0.2) is 0 Å². The highest BCUT2D eigenvalue weighted by atomic mass is 79.9. The number of hydrogen-bond donors (Lipinski definition) is 0. The molecule has 1 aliphatic heterocycles. The van der Waals surface area contributed by atoms with Crippen molar-refractivity contribution in [2.24, 2.45) is 5.41 Å². The molecule has 3 rings (SSSR count). The highest BCUT2D eigenvalue weighted by molar-refractivity contribution is 9.11. The van der Waals surface area contributed by atoms with Crippen molar-refractivity contribution in [2.75, 3.05) is 6.61 Å². The van der Waals surface area contributed by atoms with Gasteiger partial charge in [0.2, 0.25) is 0 Å². The van der Waals surface area contributed by atoms with Crippen LogP contribution in [0.1, 0.15) is 15.9 Å². The molecule has 2 aromatic carbocycles. The molecule has 0 bridgehead atoms. The normalized spacial score (nSPS) is 20.2. The Bertz CT molecular complexity index is 740. The zero-order chi connectivity index (χ0) is 15.7. The van der Waals surface area contributed by atoms with E-state index in [0.717, 1.165) is 14.5 Å². The van der Waals surface area contributed by atoms with Gasteiger partial charge in [0.25, 0.3) is 0 Å². The van der Waals surface area contributed by atoms with E-state index in [1.54, 1.807) is 6.08 Å². The Morgan fingerprint density at radius 2 is 1.95 bits per heavy atom. The molecule has 0 unspecified atom stereocenters. The average Bonchev–Trinajstić information content (AvgIpc) is 2.51. The van der Waals surface area contributed by atoms with Crippen LogP contribution < -0.4 is 4.74 Å². The van der Waals surface area contributed by atoms with E-state index in [4.69, 9.17) is 4.74 Å². The molecular formula is C18H14Br2O2. The molecule has 22 heavy (non-hydrogen) atoms. The first-order chi connectivity index (χ1) is 10.6. The third-order valence-corrected chi connectivity index (χ3v) is 4.98. The van der Waals surface area contributed by atoms with Crippen LogP contribution in [0.2, 0.25) is 0 Å². The summed E-state index contributed by atoms with van der Waals surface area (Å²) in [4.78, 5) is 13.1. The van der Waals surface area contributed by atoms with Crippen molar-refractivity contribution in [1.29, 1.82) is 0 Å². The van der Waals surface area contributed by atoms with Crippen molar-refractivity contribution in [2.45, 2.75) is 6.42 Å². The number of rotatable bonds is 3. The van der Waals surface area contributed by atoms with E-state index >= 15 is 0 Å². The molecule has 0 spiro atoms. The Hall–Kier alpha value is -1.39. The van der Waals surface area contributed by atoms with Crippen molar-refractivity contribution < 1.29 is 9.53 Å². The minimum atomic E-state index is -0.728. The lowest BCUT2D eigenvalue weighted by molar-refractivity contribution is 0.0712. The first kappa shape index (κ1) is 15.5. The number of hydrogen-bond acceptors (Lipinski definition) is 2. The lowest BCUT2D eigenvalue weighted by atomic mass is 9.74. The first-order valence-corrected chi connectivity index (χ1v) is 8.48. The molecule has 1 aliphatic rings. The van der Waals surface area contributed by atoms with Crippen LogP contribution in [0.15, 0.2) is 64.1 Å². The Balaban J connectivity index is 2.04. The molecule has 0 N–H and O–H groups in total. The molecular weight excluding hydrogens is 408 g/mol. The zero-order valence-corrected chi connectivity index (χ0v) is 15.0. The first-order valence-electron chi connectivity index (χ1n) is 6.90. The predicted molar refractivity (Wildman–Crippen MR) is 94.4 cm³/mol. The molecule has 0 saturated carbocycles. The van der Waals surface area contributed by atoms with Crippen LogP contribution in [-0.2, 0) is 6.42 Å². The summed E-state index contributed by atoms with van der Waals surface area (Å²) in [6.07, 6.45) is 2.31. The Morgan fingerprint density at radius 1 is 1.23 bits per heavy atom. The van der Waals surface area contributed by atoms with E-state index in [-0.39, 0.29) is 5.78 Å². The molecule has 0 radical (unpaired) electrons. The van der Waals surface area contributed by atoms with Crippen LogP contribution in [0.25, 0.3) is 0 Å². The van der Waals surface area contributed by atoms with Gasteiger partial charge in [-0.1, -0.05) is 52.3 Å². The molecule has 2 aromatic rings. The quantitative estimate of drug-likeness (QED) is 0.636. The number of carbonyl (C=O) groups is 1. The van der Waals surface area contributed by atoms with Gasteiger partial charge < -0.3 is 4.74 Å². The zero-order valence-electron chi connectivity index (χ0n) is 11.8. The Kier molecular flexibility index (Phi) is 4.24. The molecule has 0 saturated heterocycles. The van der Waals surface area contributed by atoms with Gasteiger partial charge in [0.05, 0.1) is 15.5 Å². The summed E-state index contributed by atoms with van der Waals surface area (Å²) in [6, 6.07) is 13.6. The van der Waals surface area contributed by atoms with Gasteiger partial charge in [0.15, 0.2) is 5.78 Å². The average molecular weight is 422 g/mol. The van der Waals surface area contributed by atoms with Crippen LogP contribution in [-0.4, -0.2) is 12.4 Å². The maximum absolute atomic E-state index is 13.1. The van der Waals surface area contributed by atoms with Crippen molar-refractivity contribution in [1.82, 2.24) is 0 Å². The van der Waals surface area contributed by atoms with Gasteiger partial charge in [0, 0.05) is 4.47 Å². The molecule has 112 valence electrons. The minimum absolute atomic E-state index is 0.0506. The van der Waals surface area contributed by atoms with Gasteiger partial charge in [-0.15, -0.1) is 6.58 Å². The van der Waals surface area contributed by atoms with Crippen molar-refractivity contribution >= 4 is 37.6 Å². The van der Waals surface area contributed by atoms with E-state index in [2.05, 4.69) is 38.4 Å². The number of benzene rings is 2. The second-order valence-corrected chi connectivity index (χ2v) is 7.17. The Morgan fingerprint density at radius 3 is 2.64 bits per heavy atom. The summed E-state index contributed by atoms with van der Waals surface area (Å²) in [5, 5.41) is 0. The monoisotopic (exact) mass is 420 g/mol. The highest BCUT2D eigenvalue weighted by Crippen LogP contribution is 2.42. The molecule has 0 fully saturated rings. The number of ketones is 1. The van der Waals surface area contributed by atoms with Gasteiger partial charge in [-0.05, 0) is 40.0 Å². The lowest BCUT2D eigenvalue weighted by Gasteiger charge is -2.34. The predicted octanol–water partition coefficient (Wildman–Crippen LogP) is 5.20. The highest BCUT2D eigenvalue weighted by Gasteiger charge is 2.42. The third kappa shape index (κ3) is 2.66. The van der Waals surface area contributed by atoms with Crippen LogP contribution >= 0.6 is 31.9 Å². The molecule has 0 aliphatic carbocycles. The summed E-state index contributed by atoms with van der Waals surface area (Å²) < 4.78 is 7.52. The minimum Gasteiger partial charge on any atom is -0.490 e. The summed E-state index contributed by atoms with van der Waals surface area (Å²) in [6.45, 7) is 4.20. The number of halogens is 2. The standard InChI is InChI=1S/C18H14Br2O2/c1-2-18(10-12-6-4-3-5-7-12)11-22-16-14(17(18)21)8-13(19)9-15(16)20/h2-9H,1,10-11H2/t18-/m0/s1. The van der Waals surface area contributed by atoms with Crippen molar-refractivity contribution in [3.05, 3.63) is 75.2 Å². The fraction of sp³-hybridized carbons (Fsp3) is 0.167. The largest absolute Gasteiger partial charge is 0.490 e. The molecule has 0 aromatic heterocycles. The van der Waals surface area contributed by atoms with Crippen LogP contribution in [0.4, 0.5) is 0 Å². The second-order valence-electron chi connectivity index (χ2n) is 5.40. The van der Waals surface area contributed by atoms with E-state index in [0.29, 0.717) is 24.3 Å². The van der Waals surface area contributed by atoms with Crippen LogP contribution in [0.5, 0.6) is 5.75 Å².